The maximum absolute atomic E-state index is 10.5. The Hall–Kier alpha value is -0.0631. The predicted molar refractivity (Wildman–Crippen MR) is 91.8 cm³/mol. The second kappa shape index (κ2) is 11.5. The van der Waals surface area contributed by atoms with Gasteiger partial charge < -0.3 is 32.6 Å². The van der Waals surface area contributed by atoms with E-state index >= 15 is 0 Å². The van der Waals surface area contributed by atoms with Gasteiger partial charge in [-0.25, -0.2) is 0 Å². The Bertz CT molecular complexity index is 309. The first kappa shape index (κ1) is 22.0. The number of ether oxygens (including phenoxy) is 3. The molecule has 1 aliphatic rings. The van der Waals surface area contributed by atoms with Gasteiger partial charge in [-0.05, 0) is 25.2 Å². The molecule has 0 radical (unpaired) electrons. The van der Waals surface area contributed by atoms with E-state index < -0.39 is 14.6 Å². The first-order valence-corrected chi connectivity index (χ1v) is 10.5. The van der Waals surface area contributed by atoms with Gasteiger partial charge in [0.25, 0.3) is 0 Å². The number of methoxy groups -OCH3 is 1. The molecular weight excluding hydrogens is 332 g/mol. The molecule has 1 rings (SSSR count). The summed E-state index contributed by atoms with van der Waals surface area (Å²) >= 11 is 0. The maximum Gasteiger partial charge on any atom is 0.500 e. The van der Waals surface area contributed by atoms with Crippen molar-refractivity contribution in [2.75, 3.05) is 54.9 Å². The SMILES string of the molecule is COCCOCCOC1(O)CCC(CC[Si](OC)(OC)OC)CC1. The standard InChI is InChI=1S/C16H34O7Si/c1-18-10-11-22-12-13-23-16(17)8-5-15(6-9-16)7-14-24(19-2,20-3)21-4/h15,17H,5-14H2,1-4H3. The second-order valence-electron chi connectivity index (χ2n) is 6.18. The van der Waals surface area contributed by atoms with Gasteiger partial charge in [0.05, 0.1) is 26.4 Å². The Balaban J connectivity index is 2.22. The topological polar surface area (TPSA) is 75.6 Å². The van der Waals surface area contributed by atoms with Crippen molar-refractivity contribution in [3.63, 3.8) is 0 Å². The molecule has 1 fully saturated rings. The first-order valence-electron chi connectivity index (χ1n) is 8.61. The van der Waals surface area contributed by atoms with E-state index in [1.54, 1.807) is 28.4 Å². The number of hydrogen-bond donors (Lipinski definition) is 1. The summed E-state index contributed by atoms with van der Waals surface area (Å²) in [4.78, 5) is 0. The van der Waals surface area contributed by atoms with Gasteiger partial charge in [-0.2, -0.15) is 0 Å². The molecule has 0 bridgehead atoms. The number of hydrogen-bond acceptors (Lipinski definition) is 7. The van der Waals surface area contributed by atoms with Crippen LogP contribution in [-0.4, -0.2) is 74.6 Å². The van der Waals surface area contributed by atoms with E-state index in [2.05, 4.69) is 0 Å². The zero-order valence-electron chi connectivity index (χ0n) is 15.5. The Labute approximate surface area is 146 Å². The monoisotopic (exact) mass is 366 g/mol. The predicted octanol–water partition coefficient (Wildman–Crippen LogP) is 1.81. The van der Waals surface area contributed by atoms with Gasteiger partial charge in [0.15, 0.2) is 5.79 Å². The highest BCUT2D eigenvalue weighted by Gasteiger charge is 2.40. The third-order valence-electron chi connectivity index (χ3n) is 4.71. The van der Waals surface area contributed by atoms with Crippen LogP contribution in [0.15, 0.2) is 0 Å². The lowest BCUT2D eigenvalue weighted by atomic mass is 9.84. The molecule has 0 aromatic rings. The fourth-order valence-corrected chi connectivity index (χ4v) is 4.91. The van der Waals surface area contributed by atoms with E-state index in [0.717, 1.165) is 25.3 Å². The molecule has 144 valence electrons. The molecule has 0 atom stereocenters. The van der Waals surface area contributed by atoms with Gasteiger partial charge in [0.2, 0.25) is 0 Å². The minimum absolute atomic E-state index is 0.401. The molecule has 8 heteroatoms. The molecule has 0 unspecified atom stereocenters. The third-order valence-corrected chi connectivity index (χ3v) is 7.48. The van der Waals surface area contributed by atoms with Gasteiger partial charge in [-0.1, -0.05) is 0 Å². The van der Waals surface area contributed by atoms with Gasteiger partial charge >= 0.3 is 8.80 Å². The minimum Gasteiger partial charge on any atom is -0.382 e. The summed E-state index contributed by atoms with van der Waals surface area (Å²) in [5.41, 5.74) is 0. The zero-order chi connectivity index (χ0) is 17.9. The fourth-order valence-electron chi connectivity index (χ4n) is 3.03. The van der Waals surface area contributed by atoms with Crippen LogP contribution >= 0.6 is 0 Å². The molecule has 0 aromatic carbocycles. The smallest absolute Gasteiger partial charge is 0.382 e. The zero-order valence-corrected chi connectivity index (χ0v) is 16.5. The summed E-state index contributed by atoms with van der Waals surface area (Å²) in [5.74, 6) is -0.474. The summed E-state index contributed by atoms with van der Waals surface area (Å²) in [6.07, 6.45) is 4.15. The van der Waals surface area contributed by atoms with Crippen molar-refractivity contribution >= 4 is 8.80 Å². The van der Waals surface area contributed by atoms with Crippen molar-refractivity contribution < 1.29 is 32.6 Å². The average Bonchev–Trinajstić information content (AvgIpc) is 2.61. The highest BCUT2D eigenvalue weighted by Crippen LogP contribution is 2.36. The van der Waals surface area contributed by atoms with Gasteiger partial charge in [-0.15, -0.1) is 0 Å². The Morgan fingerprint density at radius 1 is 0.917 bits per heavy atom. The largest absolute Gasteiger partial charge is 0.500 e. The van der Waals surface area contributed by atoms with Gasteiger partial charge in [0, 0.05) is 47.3 Å². The summed E-state index contributed by atoms with van der Waals surface area (Å²) < 4.78 is 32.3. The van der Waals surface area contributed by atoms with E-state index in [4.69, 9.17) is 27.5 Å². The van der Waals surface area contributed by atoms with Crippen LogP contribution in [-0.2, 0) is 27.5 Å². The van der Waals surface area contributed by atoms with Crippen molar-refractivity contribution in [1.29, 1.82) is 0 Å². The van der Waals surface area contributed by atoms with Crippen molar-refractivity contribution in [3.8, 4) is 0 Å². The second-order valence-corrected chi connectivity index (χ2v) is 9.27. The van der Waals surface area contributed by atoms with Crippen molar-refractivity contribution in [1.82, 2.24) is 0 Å². The van der Waals surface area contributed by atoms with Crippen LogP contribution in [0.1, 0.15) is 32.1 Å². The summed E-state index contributed by atoms with van der Waals surface area (Å²) in [7, 11) is 4.06. The molecule has 1 N–H and O–H groups in total. The highest BCUT2D eigenvalue weighted by molar-refractivity contribution is 6.60. The molecule has 0 saturated heterocycles. The molecule has 0 heterocycles. The van der Waals surface area contributed by atoms with Crippen LogP contribution in [0.2, 0.25) is 6.04 Å². The first-order chi connectivity index (χ1) is 11.5. The van der Waals surface area contributed by atoms with E-state index in [1.807, 2.05) is 0 Å². The fraction of sp³-hybridized carbons (Fsp3) is 1.00. The van der Waals surface area contributed by atoms with Crippen LogP contribution in [0.4, 0.5) is 0 Å². The molecule has 0 amide bonds. The summed E-state index contributed by atoms with van der Waals surface area (Å²) in [5, 5.41) is 10.5. The molecule has 0 aromatic heterocycles. The van der Waals surface area contributed by atoms with Crippen LogP contribution < -0.4 is 0 Å². The van der Waals surface area contributed by atoms with Crippen LogP contribution in [0.3, 0.4) is 0 Å². The molecule has 1 saturated carbocycles. The molecular formula is C16H34O7Si. The van der Waals surface area contributed by atoms with Crippen LogP contribution in [0.25, 0.3) is 0 Å². The average molecular weight is 367 g/mol. The Morgan fingerprint density at radius 2 is 1.50 bits per heavy atom. The molecule has 24 heavy (non-hydrogen) atoms. The summed E-state index contributed by atoms with van der Waals surface area (Å²) in [6, 6.07) is 0.799. The van der Waals surface area contributed by atoms with E-state index in [1.165, 1.54) is 0 Å². The number of aliphatic hydroxyl groups is 1. The number of rotatable bonds is 13. The van der Waals surface area contributed by atoms with Crippen molar-refractivity contribution in [2.45, 2.75) is 43.9 Å². The lowest BCUT2D eigenvalue weighted by Crippen LogP contribution is -2.43. The maximum atomic E-state index is 10.5. The highest BCUT2D eigenvalue weighted by atomic mass is 28.4. The van der Waals surface area contributed by atoms with Gasteiger partial charge in [0.1, 0.15) is 0 Å². The van der Waals surface area contributed by atoms with E-state index in [9.17, 15) is 5.11 Å². The van der Waals surface area contributed by atoms with E-state index in [-0.39, 0.29) is 0 Å². The van der Waals surface area contributed by atoms with E-state index in [0.29, 0.717) is 45.2 Å². The quantitative estimate of drug-likeness (QED) is 0.303. The molecule has 0 spiro atoms. The summed E-state index contributed by atoms with van der Waals surface area (Å²) in [6.45, 7) is 1.99. The van der Waals surface area contributed by atoms with Crippen molar-refractivity contribution in [2.24, 2.45) is 5.92 Å². The Morgan fingerprint density at radius 3 is 2.04 bits per heavy atom. The minimum atomic E-state index is -2.49. The Kier molecular flexibility index (Phi) is 10.6. The third kappa shape index (κ3) is 7.45. The molecule has 7 nitrogen and oxygen atoms in total. The van der Waals surface area contributed by atoms with Crippen LogP contribution in [0, 0.1) is 5.92 Å². The van der Waals surface area contributed by atoms with Crippen molar-refractivity contribution in [3.05, 3.63) is 0 Å². The lowest BCUT2D eigenvalue weighted by Gasteiger charge is -2.36. The lowest BCUT2D eigenvalue weighted by molar-refractivity contribution is -0.230. The van der Waals surface area contributed by atoms with Gasteiger partial charge in [-0.3, -0.25) is 0 Å². The molecule has 1 aliphatic carbocycles. The van der Waals surface area contributed by atoms with Crippen LogP contribution in [0.5, 0.6) is 0 Å². The molecule has 0 aliphatic heterocycles. The normalized spacial score (nSPS) is 25.1.